The van der Waals surface area contributed by atoms with Gasteiger partial charge in [-0.25, -0.2) is 4.39 Å². The number of unbranched alkanes of at least 4 members (excludes halogenated alkanes) is 5. The third-order valence-corrected chi connectivity index (χ3v) is 4.13. The Morgan fingerprint density at radius 2 is 1.80 bits per heavy atom. The molecule has 1 rings (SSSR count). The van der Waals surface area contributed by atoms with Crippen molar-refractivity contribution in [1.29, 1.82) is 0 Å². The summed E-state index contributed by atoms with van der Waals surface area (Å²) in [5.74, 6) is -1.64. The van der Waals surface area contributed by atoms with E-state index in [1.807, 2.05) is 0 Å². The maximum Gasteiger partial charge on any atom is 0.309 e. The Kier molecular flexibility index (Phi) is 6.78. The molecule has 0 heterocycles. The number of benzene rings is 1. The molecule has 20 heavy (non-hydrogen) atoms. The van der Waals surface area contributed by atoms with E-state index in [2.05, 4.69) is 6.92 Å². The van der Waals surface area contributed by atoms with Gasteiger partial charge in [-0.05, 0) is 18.6 Å². The van der Waals surface area contributed by atoms with Gasteiger partial charge in [0.05, 0.1) is 5.75 Å². The molecule has 1 aromatic rings. The molecule has 0 saturated carbocycles. The van der Waals surface area contributed by atoms with Crippen LogP contribution in [0.25, 0.3) is 0 Å². The zero-order valence-electron chi connectivity index (χ0n) is 11.6. The summed E-state index contributed by atoms with van der Waals surface area (Å²) in [5.41, 5.74) is 0. The van der Waals surface area contributed by atoms with Gasteiger partial charge in [-0.3, -0.25) is 0 Å². The fraction of sp³-hybridized carbons (Fsp3) is 0.571. The predicted octanol–water partition coefficient (Wildman–Crippen LogP) is 3.60. The molecule has 0 aliphatic heterocycles. The monoisotopic (exact) mass is 304 g/mol. The van der Waals surface area contributed by atoms with E-state index in [9.17, 15) is 12.8 Å². The Balaban J connectivity index is 2.39. The third kappa shape index (κ3) is 6.23. The first-order valence-corrected chi connectivity index (χ1v) is 8.43. The van der Waals surface area contributed by atoms with Gasteiger partial charge in [0, 0.05) is 6.07 Å². The van der Waals surface area contributed by atoms with Crippen molar-refractivity contribution in [2.75, 3.05) is 5.75 Å². The second-order valence-corrected chi connectivity index (χ2v) is 6.42. The number of halogens is 1. The van der Waals surface area contributed by atoms with Gasteiger partial charge in [0.1, 0.15) is 5.75 Å². The first-order chi connectivity index (χ1) is 9.44. The Labute approximate surface area is 119 Å². The fourth-order valence-electron chi connectivity index (χ4n) is 1.79. The Morgan fingerprint density at radius 3 is 2.45 bits per heavy atom. The number of hydrogen-bond acceptors (Lipinski definition) is 4. The van der Waals surface area contributed by atoms with Crippen LogP contribution in [0, 0.1) is 5.82 Å². The molecule has 0 aliphatic carbocycles. The number of phenols is 1. The molecular formula is C14H21FO4S. The van der Waals surface area contributed by atoms with Gasteiger partial charge < -0.3 is 9.29 Å². The summed E-state index contributed by atoms with van der Waals surface area (Å²) in [4.78, 5) is 0. The zero-order chi connectivity index (χ0) is 15.0. The third-order valence-electron chi connectivity index (χ3n) is 2.89. The van der Waals surface area contributed by atoms with E-state index in [4.69, 9.17) is 9.29 Å². The van der Waals surface area contributed by atoms with Crippen molar-refractivity contribution in [3.05, 3.63) is 24.0 Å². The lowest BCUT2D eigenvalue weighted by atomic mass is 10.1. The summed E-state index contributed by atoms with van der Waals surface area (Å²) in [6.07, 6.45) is 5.81. The van der Waals surface area contributed by atoms with Crippen molar-refractivity contribution in [3.8, 4) is 11.5 Å². The number of rotatable bonds is 9. The summed E-state index contributed by atoms with van der Waals surface area (Å²) in [5, 5.41) is 9.01. The largest absolute Gasteiger partial charge is 0.505 e. The molecule has 0 spiro atoms. The minimum atomic E-state index is -3.71. The highest BCUT2D eigenvalue weighted by Crippen LogP contribution is 2.22. The van der Waals surface area contributed by atoms with E-state index >= 15 is 0 Å². The van der Waals surface area contributed by atoms with Crippen molar-refractivity contribution >= 4 is 10.1 Å². The van der Waals surface area contributed by atoms with E-state index in [0.29, 0.717) is 6.42 Å². The van der Waals surface area contributed by atoms with Crippen LogP contribution in [0.4, 0.5) is 4.39 Å². The summed E-state index contributed by atoms with van der Waals surface area (Å²) in [7, 11) is -3.71. The SMILES string of the molecule is CCCCCCCCS(=O)(=O)Oc1ccc(O)c(F)c1. The molecule has 0 atom stereocenters. The standard InChI is InChI=1S/C14H21FO4S/c1-2-3-4-5-6-7-10-20(17,18)19-12-8-9-14(16)13(15)11-12/h8-9,11,16H,2-7,10H2,1H3. The Bertz CT molecular complexity index is 514. The molecule has 1 N–H and O–H groups in total. The van der Waals surface area contributed by atoms with Crippen molar-refractivity contribution in [2.24, 2.45) is 0 Å². The van der Waals surface area contributed by atoms with Crippen LogP contribution in [-0.4, -0.2) is 19.3 Å². The molecule has 0 aliphatic rings. The topological polar surface area (TPSA) is 63.6 Å². The van der Waals surface area contributed by atoms with E-state index in [-0.39, 0.29) is 11.5 Å². The quantitative estimate of drug-likeness (QED) is 0.559. The van der Waals surface area contributed by atoms with Gasteiger partial charge in [0.15, 0.2) is 11.6 Å². The van der Waals surface area contributed by atoms with Gasteiger partial charge >= 0.3 is 10.1 Å². The van der Waals surface area contributed by atoms with Crippen molar-refractivity contribution in [2.45, 2.75) is 45.4 Å². The van der Waals surface area contributed by atoms with E-state index in [1.54, 1.807) is 0 Å². The molecule has 0 fully saturated rings. The van der Waals surface area contributed by atoms with Gasteiger partial charge in [-0.15, -0.1) is 0 Å². The van der Waals surface area contributed by atoms with Gasteiger partial charge in [-0.1, -0.05) is 39.0 Å². The molecule has 0 saturated heterocycles. The molecule has 114 valence electrons. The van der Waals surface area contributed by atoms with Crippen molar-refractivity contribution in [3.63, 3.8) is 0 Å². The van der Waals surface area contributed by atoms with Crippen molar-refractivity contribution in [1.82, 2.24) is 0 Å². The average molecular weight is 304 g/mol. The van der Waals surface area contributed by atoms with Crippen LogP contribution in [0.5, 0.6) is 11.5 Å². The highest BCUT2D eigenvalue weighted by atomic mass is 32.2. The second kappa shape index (κ2) is 8.09. The van der Waals surface area contributed by atoms with E-state index < -0.39 is 21.7 Å². The van der Waals surface area contributed by atoms with Crippen LogP contribution >= 0.6 is 0 Å². The Hall–Kier alpha value is -1.30. The molecule has 1 aromatic carbocycles. The van der Waals surface area contributed by atoms with Gasteiger partial charge in [-0.2, -0.15) is 8.42 Å². The smallest absolute Gasteiger partial charge is 0.309 e. The molecule has 6 heteroatoms. The first-order valence-electron chi connectivity index (χ1n) is 6.85. The molecule has 4 nitrogen and oxygen atoms in total. The lowest BCUT2D eigenvalue weighted by Gasteiger charge is -2.07. The maximum atomic E-state index is 13.1. The average Bonchev–Trinajstić information content (AvgIpc) is 2.38. The molecular weight excluding hydrogens is 283 g/mol. The molecule has 0 aromatic heterocycles. The highest BCUT2D eigenvalue weighted by Gasteiger charge is 2.13. The maximum absolute atomic E-state index is 13.1. The van der Waals surface area contributed by atoms with Crippen LogP contribution in [0.1, 0.15) is 45.4 Å². The predicted molar refractivity (Wildman–Crippen MR) is 75.9 cm³/mol. The Morgan fingerprint density at radius 1 is 1.15 bits per heavy atom. The summed E-state index contributed by atoms with van der Waals surface area (Å²) >= 11 is 0. The van der Waals surface area contributed by atoms with Crippen LogP contribution in [-0.2, 0) is 10.1 Å². The lowest BCUT2D eigenvalue weighted by molar-refractivity contribution is 0.427. The highest BCUT2D eigenvalue weighted by molar-refractivity contribution is 7.87. The molecule has 0 bridgehead atoms. The van der Waals surface area contributed by atoms with Crippen molar-refractivity contribution < 1.29 is 22.1 Å². The molecule has 0 amide bonds. The molecule has 0 unspecified atom stereocenters. The lowest BCUT2D eigenvalue weighted by Crippen LogP contribution is -2.13. The second-order valence-electron chi connectivity index (χ2n) is 4.73. The fourth-order valence-corrected chi connectivity index (χ4v) is 2.82. The summed E-state index contributed by atoms with van der Waals surface area (Å²) < 4.78 is 41.2. The van der Waals surface area contributed by atoms with Gasteiger partial charge in [0.2, 0.25) is 0 Å². The normalized spacial score (nSPS) is 11.5. The van der Waals surface area contributed by atoms with Gasteiger partial charge in [0.25, 0.3) is 0 Å². The van der Waals surface area contributed by atoms with E-state index in [0.717, 1.165) is 44.2 Å². The number of hydrogen-bond donors (Lipinski definition) is 1. The summed E-state index contributed by atoms with van der Waals surface area (Å²) in [6, 6.07) is 3.14. The van der Waals surface area contributed by atoms with Crippen LogP contribution in [0.15, 0.2) is 18.2 Å². The number of aromatic hydroxyl groups is 1. The number of phenolic OH excluding ortho intramolecular Hbond substituents is 1. The first kappa shape index (κ1) is 16.8. The van der Waals surface area contributed by atoms with Crippen LogP contribution in [0.2, 0.25) is 0 Å². The minimum absolute atomic E-state index is 0.0817. The van der Waals surface area contributed by atoms with Crippen LogP contribution < -0.4 is 4.18 Å². The minimum Gasteiger partial charge on any atom is -0.505 e. The molecule has 0 radical (unpaired) electrons. The zero-order valence-corrected chi connectivity index (χ0v) is 12.5. The van der Waals surface area contributed by atoms with Crippen LogP contribution in [0.3, 0.4) is 0 Å². The van der Waals surface area contributed by atoms with E-state index in [1.165, 1.54) is 6.07 Å². The summed E-state index contributed by atoms with van der Waals surface area (Å²) in [6.45, 7) is 2.12.